The van der Waals surface area contributed by atoms with Crippen molar-refractivity contribution in [3.63, 3.8) is 0 Å². The van der Waals surface area contributed by atoms with Crippen LogP contribution in [0.3, 0.4) is 0 Å². The average Bonchev–Trinajstić information content (AvgIpc) is 3.31. The molecule has 0 bridgehead atoms. The van der Waals surface area contributed by atoms with Crippen LogP contribution in [0.4, 0.5) is 4.79 Å². The number of nitrogens with zero attached hydrogens (tertiary/aromatic N) is 3. The molecule has 0 spiro atoms. The van der Waals surface area contributed by atoms with Crippen LogP contribution in [0.1, 0.15) is 71.6 Å². The number of likely N-dealkylation sites (tertiary alicyclic amines) is 2. The summed E-state index contributed by atoms with van der Waals surface area (Å²) in [6, 6.07) is 9.26. The lowest BCUT2D eigenvalue weighted by atomic mass is 9.88. The van der Waals surface area contributed by atoms with Crippen molar-refractivity contribution in [1.82, 2.24) is 14.7 Å². The Hall–Kier alpha value is -2.05. The number of urea groups is 1. The quantitative estimate of drug-likeness (QED) is 0.463. The van der Waals surface area contributed by atoms with E-state index in [1.54, 1.807) is 11.3 Å². The fourth-order valence-electron chi connectivity index (χ4n) is 5.81. The molecule has 0 radical (unpaired) electrons. The molecule has 0 unspecified atom stereocenters. The maximum atomic E-state index is 13.3. The molecule has 3 aliphatic heterocycles. The first-order chi connectivity index (χ1) is 17.1. The third-order valence-corrected chi connectivity index (χ3v) is 9.34. The molecule has 2 saturated heterocycles. The third-order valence-electron chi connectivity index (χ3n) is 8.19. The molecule has 0 atom stereocenters. The second kappa shape index (κ2) is 11.3. The number of fused-ring (bicyclic) bond motifs is 1. The van der Waals surface area contributed by atoms with Crippen molar-refractivity contribution >= 4 is 17.4 Å². The molecule has 3 aliphatic rings. The summed E-state index contributed by atoms with van der Waals surface area (Å²) < 4.78 is 6.11. The van der Waals surface area contributed by atoms with Crippen molar-refractivity contribution in [2.24, 2.45) is 0 Å². The monoisotopic (exact) mass is 495 g/mol. The van der Waals surface area contributed by atoms with Gasteiger partial charge >= 0.3 is 6.03 Å². The second-order valence-electron chi connectivity index (χ2n) is 10.7. The molecule has 6 heteroatoms. The fraction of sp³-hybridized carbons (Fsp3) is 0.621. The van der Waals surface area contributed by atoms with Crippen LogP contribution < -0.4 is 4.74 Å². The Kier molecular flexibility index (Phi) is 7.98. The van der Waals surface area contributed by atoms with E-state index in [2.05, 4.69) is 47.9 Å². The minimum Gasteiger partial charge on any atom is -0.484 e. The van der Waals surface area contributed by atoms with Gasteiger partial charge in [-0.2, -0.15) is 0 Å². The van der Waals surface area contributed by atoms with Crippen LogP contribution >= 0.6 is 11.3 Å². The highest BCUT2D eigenvalue weighted by atomic mass is 32.1. The molecule has 0 N–H and O–H groups in total. The van der Waals surface area contributed by atoms with Crippen molar-refractivity contribution < 1.29 is 9.53 Å². The number of hydrogen-bond donors (Lipinski definition) is 0. The minimum atomic E-state index is 0.212. The van der Waals surface area contributed by atoms with Crippen molar-refractivity contribution in [3.8, 4) is 5.06 Å². The molecule has 2 amide bonds. The number of rotatable bonds is 6. The molecular weight excluding hydrogens is 454 g/mol. The molecule has 0 saturated carbocycles. The van der Waals surface area contributed by atoms with Gasteiger partial charge < -0.3 is 19.4 Å². The normalized spacial score (nSPS) is 19.6. The molecule has 1 aromatic heterocycles. The van der Waals surface area contributed by atoms with Gasteiger partial charge in [0.1, 0.15) is 0 Å². The zero-order valence-electron chi connectivity index (χ0n) is 21.6. The minimum absolute atomic E-state index is 0.212. The molecule has 5 nitrogen and oxygen atoms in total. The largest absolute Gasteiger partial charge is 0.484 e. The first-order valence-corrected chi connectivity index (χ1v) is 14.5. The number of ether oxygens (including phenoxy) is 1. The van der Waals surface area contributed by atoms with Crippen LogP contribution in [-0.2, 0) is 13.0 Å². The van der Waals surface area contributed by atoms with Gasteiger partial charge in [-0.1, -0.05) is 24.6 Å². The summed E-state index contributed by atoms with van der Waals surface area (Å²) in [5.41, 5.74) is 5.44. The first kappa shape index (κ1) is 24.6. The van der Waals surface area contributed by atoms with E-state index in [-0.39, 0.29) is 6.03 Å². The standard InChI is InChI=1S/C29H41N3O2S/c1-22-7-8-25(19-23(22)2)24-9-15-31(16-10-24)29(33)32-17-11-27-26(21-32)20-28(35-27)34-18-6-14-30-12-4-3-5-13-30/h7-8,19-20,24H,3-6,9-18,21H2,1-2H3. The number of benzene rings is 1. The molecule has 5 rings (SSSR count). The fourth-order valence-corrected chi connectivity index (χ4v) is 6.84. The number of aryl methyl sites for hydroxylation is 2. The van der Waals surface area contributed by atoms with Crippen LogP contribution in [-0.4, -0.2) is 66.6 Å². The van der Waals surface area contributed by atoms with E-state index < -0.39 is 0 Å². The van der Waals surface area contributed by atoms with E-state index >= 15 is 0 Å². The Bertz CT molecular complexity index is 1010. The highest BCUT2D eigenvalue weighted by Gasteiger charge is 2.30. The van der Waals surface area contributed by atoms with E-state index in [4.69, 9.17) is 4.74 Å². The lowest BCUT2D eigenvalue weighted by Gasteiger charge is -2.37. The summed E-state index contributed by atoms with van der Waals surface area (Å²) in [6.45, 7) is 12.0. The van der Waals surface area contributed by atoms with Gasteiger partial charge in [0, 0.05) is 37.6 Å². The van der Waals surface area contributed by atoms with Crippen LogP contribution in [0, 0.1) is 13.8 Å². The van der Waals surface area contributed by atoms with E-state index in [0.29, 0.717) is 5.92 Å². The second-order valence-corrected chi connectivity index (χ2v) is 11.8. The topological polar surface area (TPSA) is 36.0 Å². The lowest BCUT2D eigenvalue weighted by molar-refractivity contribution is 0.135. The summed E-state index contributed by atoms with van der Waals surface area (Å²) in [5, 5.41) is 1.03. The van der Waals surface area contributed by atoms with Crippen LogP contribution in [0.25, 0.3) is 0 Å². The van der Waals surface area contributed by atoms with Crippen molar-refractivity contribution in [1.29, 1.82) is 0 Å². The maximum absolute atomic E-state index is 13.3. The smallest absolute Gasteiger partial charge is 0.320 e. The predicted molar refractivity (Wildman–Crippen MR) is 144 cm³/mol. The Labute approximate surface area is 215 Å². The lowest BCUT2D eigenvalue weighted by Crippen LogP contribution is -2.47. The number of carbonyl (C=O) groups is 1. The van der Waals surface area contributed by atoms with E-state index in [9.17, 15) is 4.79 Å². The number of piperidine rings is 2. The molecule has 0 aliphatic carbocycles. The Morgan fingerprint density at radius 1 is 0.971 bits per heavy atom. The summed E-state index contributed by atoms with van der Waals surface area (Å²) in [4.78, 5) is 21.4. The SMILES string of the molecule is Cc1ccc(C2CCN(C(=O)N3CCc4sc(OCCCN5CCCCC5)cc4C3)CC2)cc1C. The van der Waals surface area contributed by atoms with Gasteiger partial charge in [0.25, 0.3) is 0 Å². The highest BCUT2D eigenvalue weighted by Crippen LogP contribution is 2.35. The van der Waals surface area contributed by atoms with Crippen molar-refractivity contribution in [2.45, 2.75) is 71.3 Å². The van der Waals surface area contributed by atoms with Crippen LogP contribution in [0.5, 0.6) is 5.06 Å². The van der Waals surface area contributed by atoms with Gasteiger partial charge in [0.05, 0.1) is 6.61 Å². The zero-order valence-corrected chi connectivity index (χ0v) is 22.4. The van der Waals surface area contributed by atoms with Crippen molar-refractivity contribution in [2.75, 3.05) is 45.9 Å². The molecule has 4 heterocycles. The number of carbonyl (C=O) groups excluding carboxylic acids is 1. The van der Waals surface area contributed by atoms with E-state index in [0.717, 1.165) is 70.1 Å². The average molecular weight is 496 g/mol. The third kappa shape index (κ3) is 6.03. The summed E-state index contributed by atoms with van der Waals surface area (Å²) in [7, 11) is 0. The Balaban J connectivity index is 1.08. The Morgan fingerprint density at radius 2 is 1.77 bits per heavy atom. The molecule has 190 valence electrons. The van der Waals surface area contributed by atoms with Crippen LogP contribution in [0.2, 0.25) is 0 Å². The number of thiophene rings is 1. The molecule has 2 aromatic rings. The summed E-state index contributed by atoms with van der Waals surface area (Å²) in [5.74, 6) is 0.567. The molecular formula is C29H41N3O2S. The van der Waals surface area contributed by atoms with Gasteiger partial charge in [0.2, 0.25) is 0 Å². The first-order valence-electron chi connectivity index (χ1n) is 13.6. The Morgan fingerprint density at radius 3 is 2.54 bits per heavy atom. The predicted octanol–water partition coefficient (Wildman–Crippen LogP) is 5.98. The van der Waals surface area contributed by atoms with E-state index in [1.807, 2.05) is 4.90 Å². The van der Waals surface area contributed by atoms with Crippen LogP contribution in [0.15, 0.2) is 24.3 Å². The molecule has 2 fully saturated rings. The molecule has 35 heavy (non-hydrogen) atoms. The maximum Gasteiger partial charge on any atom is 0.320 e. The van der Waals surface area contributed by atoms with Gasteiger partial charge in [0.15, 0.2) is 5.06 Å². The summed E-state index contributed by atoms with van der Waals surface area (Å²) in [6.07, 6.45) is 8.23. The van der Waals surface area contributed by atoms with Gasteiger partial charge in [-0.25, -0.2) is 4.79 Å². The van der Waals surface area contributed by atoms with Crippen molar-refractivity contribution in [3.05, 3.63) is 51.4 Å². The summed E-state index contributed by atoms with van der Waals surface area (Å²) >= 11 is 1.78. The molecule has 1 aromatic carbocycles. The van der Waals surface area contributed by atoms with E-state index in [1.165, 1.54) is 59.5 Å². The van der Waals surface area contributed by atoms with Gasteiger partial charge in [-0.3, -0.25) is 0 Å². The highest BCUT2D eigenvalue weighted by molar-refractivity contribution is 7.14. The van der Waals surface area contributed by atoms with Gasteiger partial charge in [-0.15, -0.1) is 11.3 Å². The van der Waals surface area contributed by atoms with Gasteiger partial charge in [-0.05, 0) is 99.7 Å². The number of amides is 2. The zero-order chi connectivity index (χ0) is 24.2. The number of hydrogen-bond acceptors (Lipinski definition) is 4.